The Hall–Kier alpha value is 2.00. The fourth-order valence-corrected chi connectivity index (χ4v) is 0. The van der Waals surface area contributed by atoms with Crippen molar-refractivity contribution in [3.8, 4) is 0 Å². The van der Waals surface area contributed by atoms with E-state index in [1.165, 1.54) is 0 Å². The van der Waals surface area contributed by atoms with Gasteiger partial charge in [-0.1, -0.05) is 0 Å². The molecule has 56 valence electrons. The quantitative estimate of drug-likeness (QED) is 0.717. The van der Waals surface area contributed by atoms with Crippen LogP contribution in [0.15, 0.2) is 0 Å². The van der Waals surface area contributed by atoms with E-state index >= 15 is 0 Å². The van der Waals surface area contributed by atoms with Crippen LogP contribution in [0.3, 0.4) is 0 Å². The van der Waals surface area contributed by atoms with E-state index in [9.17, 15) is 0 Å². The van der Waals surface area contributed by atoms with Crippen LogP contribution in [0.4, 0.5) is 0 Å². The van der Waals surface area contributed by atoms with Gasteiger partial charge in [0.05, 0.1) is 0 Å². The summed E-state index contributed by atoms with van der Waals surface area (Å²) in [6.45, 7) is 1.93. The summed E-state index contributed by atoms with van der Waals surface area (Å²) >= 11 is 0. The molecule has 1 N–H and O–H groups in total. The molecule has 0 aromatic rings. The van der Waals surface area contributed by atoms with E-state index in [2.05, 4.69) is 0 Å². The molecule has 6 heteroatoms. The maximum atomic E-state index is 7.57. The predicted molar refractivity (Wildman–Crippen MR) is 41.8 cm³/mol. The van der Waals surface area contributed by atoms with E-state index in [4.69, 9.17) is 5.11 Å². The average Bonchev–Trinajstić information content (AvgIpc) is 0.918. The van der Waals surface area contributed by atoms with Crippen molar-refractivity contribution in [2.45, 2.75) is 6.92 Å². The van der Waals surface area contributed by atoms with Crippen LogP contribution < -0.4 is 0 Å². The molecule has 0 amide bonds. The molecule has 0 bridgehead atoms. The summed E-state index contributed by atoms with van der Waals surface area (Å²) < 4.78 is 0. The molecule has 8 heavy (non-hydrogen) atoms. The fraction of sp³-hybridized carbons (Fsp3) is 1.00. The van der Waals surface area contributed by atoms with Crippen molar-refractivity contribution >= 4 is 49.6 Å². The van der Waals surface area contributed by atoms with E-state index in [-0.39, 0.29) is 82.4 Å². The third kappa shape index (κ3) is 97.8. The molecule has 0 heterocycles. The van der Waals surface area contributed by atoms with Crippen LogP contribution in [0.25, 0.3) is 0 Å². The Balaban J connectivity index is -0.00000000200. The van der Waals surface area contributed by atoms with Crippen LogP contribution in [0.2, 0.25) is 0 Å². The normalized spacial score (nSPS) is 2.25. The van der Waals surface area contributed by atoms with Crippen LogP contribution in [-0.2, 0) is 26.2 Å². The number of aliphatic hydroxyl groups excluding tert-OH is 1. The Morgan fingerprint density at radius 3 is 1.00 bits per heavy atom. The molecule has 0 fully saturated rings. The van der Waals surface area contributed by atoms with Crippen LogP contribution in [-0.4, -0.2) is 11.7 Å². The summed E-state index contributed by atoms with van der Waals surface area (Å²) in [4.78, 5) is 0. The van der Waals surface area contributed by atoms with Crippen molar-refractivity contribution in [2.75, 3.05) is 6.61 Å². The molecular weight excluding hydrogens is 273 g/mol. The summed E-state index contributed by atoms with van der Waals surface area (Å²) in [6.07, 6.45) is 0. The molecule has 0 radical (unpaired) electrons. The summed E-state index contributed by atoms with van der Waals surface area (Å²) in [5, 5.41) is 7.57. The monoisotopic (exact) mass is 280 g/mol. The molecule has 0 aliphatic heterocycles. The van der Waals surface area contributed by atoms with Crippen LogP contribution in [0, 0.1) is 0 Å². The van der Waals surface area contributed by atoms with E-state index in [1.54, 1.807) is 6.92 Å². The van der Waals surface area contributed by atoms with E-state index in [0.717, 1.165) is 0 Å². The van der Waals surface area contributed by atoms with Gasteiger partial charge >= 0.3 is 0 Å². The van der Waals surface area contributed by atoms with Gasteiger partial charge in [-0.3, -0.25) is 0 Å². The molecule has 1 nitrogen and oxygen atoms in total. The van der Waals surface area contributed by atoms with Crippen LogP contribution in [0.1, 0.15) is 6.92 Å². The largest absolute Gasteiger partial charge is 0.397 e. The number of aliphatic hydroxyl groups is 1. The van der Waals surface area contributed by atoms with Gasteiger partial charge in [0.25, 0.3) is 0 Å². The Bertz CT molecular complexity index is 14.0. The standard InChI is InChI=1S/C2H6O.4ClH.Zr/c1-2-3;;;;;/h3H,2H2,1H3;4*1H;. The first-order valence-electron chi connectivity index (χ1n) is 1.02. The topological polar surface area (TPSA) is 20.2 Å². The maximum absolute atomic E-state index is 7.57. The number of rotatable bonds is 0. The third-order valence-electron chi connectivity index (χ3n) is 0. The number of hydrogen-bond acceptors (Lipinski definition) is 1. The summed E-state index contributed by atoms with van der Waals surface area (Å²) in [5.41, 5.74) is 0. The Morgan fingerprint density at radius 2 is 1.00 bits per heavy atom. The zero-order chi connectivity index (χ0) is 2.71. The van der Waals surface area contributed by atoms with Gasteiger partial charge in [-0.2, -0.15) is 0 Å². The van der Waals surface area contributed by atoms with Gasteiger partial charge in [-0.25, -0.2) is 0 Å². The predicted octanol–water partition coefficient (Wildman–Crippen LogP) is 1.68. The van der Waals surface area contributed by atoms with Crippen molar-refractivity contribution in [3.05, 3.63) is 0 Å². The van der Waals surface area contributed by atoms with E-state index in [1.807, 2.05) is 0 Å². The molecule has 0 spiro atoms. The number of halogens is 4. The molecule has 0 atom stereocenters. The second-order valence-electron chi connectivity index (χ2n) is 0.316. The Morgan fingerprint density at radius 1 is 1.00 bits per heavy atom. The minimum atomic E-state index is 0. The van der Waals surface area contributed by atoms with Gasteiger partial charge in [0.2, 0.25) is 0 Å². The van der Waals surface area contributed by atoms with Crippen molar-refractivity contribution < 1.29 is 31.3 Å². The van der Waals surface area contributed by atoms with E-state index in [0.29, 0.717) is 0 Å². The van der Waals surface area contributed by atoms with Gasteiger partial charge in [0.1, 0.15) is 0 Å². The first-order valence-corrected chi connectivity index (χ1v) is 1.02. The van der Waals surface area contributed by atoms with Crippen molar-refractivity contribution in [1.82, 2.24) is 0 Å². The van der Waals surface area contributed by atoms with Crippen molar-refractivity contribution in [3.63, 3.8) is 0 Å². The first kappa shape index (κ1) is 50.6. The van der Waals surface area contributed by atoms with Gasteiger partial charge in [-0.15, -0.1) is 49.6 Å². The fourth-order valence-electron chi connectivity index (χ4n) is 0. The SMILES string of the molecule is CCO.Cl.Cl.Cl.Cl.[Zr]. The molecular formula is C2H10Cl4OZr. The minimum absolute atomic E-state index is 0. The summed E-state index contributed by atoms with van der Waals surface area (Å²) in [5.74, 6) is 0. The zero-order valence-electron chi connectivity index (χ0n) is 4.29. The van der Waals surface area contributed by atoms with Gasteiger partial charge in [-0.05, 0) is 6.92 Å². The van der Waals surface area contributed by atoms with Crippen molar-refractivity contribution in [1.29, 1.82) is 0 Å². The molecule has 0 unspecified atom stereocenters. The zero-order valence-corrected chi connectivity index (χ0v) is 10.0. The van der Waals surface area contributed by atoms with Gasteiger partial charge in [0.15, 0.2) is 0 Å². The van der Waals surface area contributed by atoms with Crippen LogP contribution >= 0.6 is 49.6 Å². The van der Waals surface area contributed by atoms with Gasteiger partial charge < -0.3 is 5.11 Å². The van der Waals surface area contributed by atoms with E-state index < -0.39 is 0 Å². The Kier molecular flexibility index (Phi) is 404. The molecule has 0 rings (SSSR count). The first-order chi connectivity index (χ1) is 1.41. The second-order valence-corrected chi connectivity index (χ2v) is 0.316. The molecule has 0 aromatic carbocycles. The summed E-state index contributed by atoms with van der Waals surface area (Å²) in [7, 11) is 0. The summed E-state index contributed by atoms with van der Waals surface area (Å²) in [6, 6.07) is 0. The number of hydrogen-bond donors (Lipinski definition) is 1. The third-order valence-corrected chi connectivity index (χ3v) is 0. The molecule has 0 saturated carbocycles. The maximum Gasteiger partial charge on any atom is 0.0402 e. The second kappa shape index (κ2) is 63.9. The van der Waals surface area contributed by atoms with Crippen LogP contribution in [0.5, 0.6) is 0 Å². The molecule has 0 aliphatic rings. The minimum Gasteiger partial charge on any atom is -0.397 e. The van der Waals surface area contributed by atoms with Crippen molar-refractivity contribution in [2.24, 2.45) is 0 Å². The molecule has 0 saturated heterocycles. The smallest absolute Gasteiger partial charge is 0.0402 e. The average molecular weight is 283 g/mol. The Labute approximate surface area is 93.8 Å². The molecule has 0 aliphatic carbocycles. The molecule has 0 aromatic heterocycles. The van der Waals surface area contributed by atoms with Gasteiger partial charge in [0, 0.05) is 32.8 Å².